The molecule has 0 aromatic rings. The van der Waals surface area contributed by atoms with E-state index in [1.807, 2.05) is 0 Å². The van der Waals surface area contributed by atoms with E-state index in [9.17, 15) is 4.79 Å². The van der Waals surface area contributed by atoms with E-state index in [0.717, 1.165) is 13.1 Å². The number of esters is 1. The zero-order valence-corrected chi connectivity index (χ0v) is 16.4. The zero-order chi connectivity index (χ0) is 15.5. The van der Waals surface area contributed by atoms with Gasteiger partial charge in [0.05, 0.1) is 13.5 Å². The van der Waals surface area contributed by atoms with Crippen LogP contribution in [-0.2, 0) is 9.53 Å². The molecule has 7 heteroatoms. The molecule has 6 nitrogen and oxygen atoms in total. The number of methoxy groups -OCH3 is 1. The van der Waals surface area contributed by atoms with Gasteiger partial charge >= 0.3 is 5.97 Å². The molecule has 0 aromatic carbocycles. The topological polar surface area (TPSA) is 66.0 Å². The van der Waals surface area contributed by atoms with Crippen molar-refractivity contribution in [3.8, 4) is 0 Å². The first kappa shape index (κ1) is 22.7. The molecule has 0 saturated heterocycles. The van der Waals surface area contributed by atoms with Crippen LogP contribution < -0.4 is 10.6 Å². The standard InChI is InChI=1S/C14H30N4O2.HI/c1-11(2)18(12(3)4)10-9-17-14(15-5)16-8-7-13(19)20-6;/h11-12H,7-10H2,1-6H3,(H2,15,16,17);1H. The Morgan fingerprint density at radius 1 is 1.14 bits per heavy atom. The van der Waals surface area contributed by atoms with Crippen molar-refractivity contribution in [2.24, 2.45) is 4.99 Å². The molecule has 0 rings (SSSR count). The highest BCUT2D eigenvalue weighted by molar-refractivity contribution is 14.0. The van der Waals surface area contributed by atoms with Crippen molar-refractivity contribution in [3.05, 3.63) is 0 Å². The Bertz CT molecular complexity index is 301. The van der Waals surface area contributed by atoms with E-state index in [1.165, 1.54) is 7.11 Å². The van der Waals surface area contributed by atoms with Gasteiger partial charge in [-0.1, -0.05) is 0 Å². The molecule has 0 aliphatic heterocycles. The van der Waals surface area contributed by atoms with Crippen LogP contribution in [0.15, 0.2) is 4.99 Å². The monoisotopic (exact) mass is 414 g/mol. The van der Waals surface area contributed by atoms with Crippen molar-refractivity contribution in [3.63, 3.8) is 0 Å². The quantitative estimate of drug-likeness (QED) is 0.273. The van der Waals surface area contributed by atoms with E-state index in [0.29, 0.717) is 31.0 Å². The van der Waals surface area contributed by atoms with Gasteiger partial charge in [0.15, 0.2) is 5.96 Å². The number of ether oxygens (including phenoxy) is 1. The number of nitrogens with one attached hydrogen (secondary N) is 2. The second-order valence-electron chi connectivity index (χ2n) is 5.18. The van der Waals surface area contributed by atoms with Crippen LogP contribution in [0.3, 0.4) is 0 Å². The van der Waals surface area contributed by atoms with Gasteiger partial charge in [-0.15, -0.1) is 24.0 Å². The Kier molecular flexibility index (Phi) is 14.2. The number of guanidine groups is 1. The van der Waals surface area contributed by atoms with Crippen molar-refractivity contribution >= 4 is 35.9 Å². The maximum Gasteiger partial charge on any atom is 0.307 e. The summed E-state index contributed by atoms with van der Waals surface area (Å²) in [7, 11) is 3.11. The second-order valence-corrected chi connectivity index (χ2v) is 5.18. The lowest BCUT2D eigenvalue weighted by Crippen LogP contribution is -2.45. The van der Waals surface area contributed by atoms with Gasteiger partial charge in [-0.05, 0) is 27.7 Å². The molecule has 0 aliphatic carbocycles. The van der Waals surface area contributed by atoms with Crippen molar-refractivity contribution in [1.29, 1.82) is 0 Å². The molecular formula is C14H31IN4O2. The van der Waals surface area contributed by atoms with Crippen LogP contribution in [0.5, 0.6) is 0 Å². The predicted octanol–water partition coefficient (Wildman–Crippen LogP) is 1.45. The molecule has 0 aliphatic rings. The minimum absolute atomic E-state index is 0. The smallest absolute Gasteiger partial charge is 0.307 e. The summed E-state index contributed by atoms with van der Waals surface area (Å²) >= 11 is 0. The molecule has 0 spiro atoms. The summed E-state index contributed by atoms with van der Waals surface area (Å²) in [5.41, 5.74) is 0. The van der Waals surface area contributed by atoms with Crippen LogP contribution >= 0.6 is 24.0 Å². The Hall–Kier alpha value is -0.570. The molecule has 21 heavy (non-hydrogen) atoms. The van der Waals surface area contributed by atoms with E-state index in [4.69, 9.17) is 0 Å². The third-order valence-corrected chi connectivity index (χ3v) is 3.06. The predicted molar refractivity (Wildman–Crippen MR) is 98.4 cm³/mol. The Morgan fingerprint density at radius 2 is 1.67 bits per heavy atom. The largest absolute Gasteiger partial charge is 0.469 e. The van der Waals surface area contributed by atoms with E-state index in [1.54, 1.807) is 7.05 Å². The number of aliphatic imine (C=N–C) groups is 1. The lowest BCUT2D eigenvalue weighted by Gasteiger charge is -2.30. The summed E-state index contributed by atoms with van der Waals surface area (Å²) in [4.78, 5) is 17.5. The number of rotatable bonds is 8. The van der Waals surface area contributed by atoms with E-state index < -0.39 is 0 Å². The highest BCUT2D eigenvalue weighted by Crippen LogP contribution is 2.03. The van der Waals surface area contributed by atoms with Gasteiger partial charge in [-0.2, -0.15) is 0 Å². The number of hydrogen-bond acceptors (Lipinski definition) is 4. The Labute approximate surface area is 146 Å². The minimum atomic E-state index is -0.223. The van der Waals surface area contributed by atoms with E-state index in [-0.39, 0.29) is 29.9 Å². The molecule has 126 valence electrons. The molecule has 0 aromatic heterocycles. The van der Waals surface area contributed by atoms with Gasteiger partial charge in [-0.25, -0.2) is 0 Å². The molecule has 0 heterocycles. The van der Waals surface area contributed by atoms with E-state index >= 15 is 0 Å². The Balaban J connectivity index is 0. The van der Waals surface area contributed by atoms with Gasteiger partial charge in [0.2, 0.25) is 0 Å². The third-order valence-electron chi connectivity index (χ3n) is 3.06. The fourth-order valence-electron chi connectivity index (χ4n) is 2.02. The van der Waals surface area contributed by atoms with Crippen LogP contribution in [0.1, 0.15) is 34.1 Å². The lowest BCUT2D eigenvalue weighted by atomic mass is 10.2. The maximum atomic E-state index is 11.0. The first-order valence-electron chi connectivity index (χ1n) is 7.19. The molecule has 0 atom stereocenters. The molecular weight excluding hydrogens is 383 g/mol. The number of hydrogen-bond donors (Lipinski definition) is 2. The molecule has 2 N–H and O–H groups in total. The van der Waals surface area contributed by atoms with Crippen molar-refractivity contribution in [2.75, 3.05) is 33.8 Å². The summed E-state index contributed by atoms with van der Waals surface area (Å²) in [6, 6.07) is 1.04. The molecule has 0 saturated carbocycles. The van der Waals surface area contributed by atoms with E-state index in [2.05, 4.69) is 53.0 Å². The average Bonchev–Trinajstić information content (AvgIpc) is 2.40. The average molecular weight is 414 g/mol. The summed E-state index contributed by atoms with van der Waals surface area (Å²) < 4.78 is 4.59. The van der Waals surface area contributed by atoms with Crippen LogP contribution in [0.4, 0.5) is 0 Å². The van der Waals surface area contributed by atoms with Crippen LogP contribution in [0.25, 0.3) is 0 Å². The SMILES string of the molecule is CN=C(NCCC(=O)OC)NCCN(C(C)C)C(C)C.I. The van der Waals surface area contributed by atoms with Crippen LogP contribution in [0.2, 0.25) is 0 Å². The van der Waals surface area contributed by atoms with Gasteiger partial charge in [0.25, 0.3) is 0 Å². The first-order chi connectivity index (χ1) is 9.42. The molecule has 0 radical (unpaired) electrons. The fourth-order valence-corrected chi connectivity index (χ4v) is 2.02. The highest BCUT2D eigenvalue weighted by Gasteiger charge is 2.12. The molecule has 0 unspecified atom stereocenters. The summed E-state index contributed by atoms with van der Waals surface area (Å²) in [5.74, 6) is 0.486. The molecule has 0 fully saturated rings. The van der Waals surface area contributed by atoms with Crippen LogP contribution in [0, 0.1) is 0 Å². The molecule has 0 bridgehead atoms. The highest BCUT2D eigenvalue weighted by atomic mass is 127. The number of carbonyl (C=O) groups is 1. The van der Waals surface area contributed by atoms with Gasteiger partial charge < -0.3 is 15.4 Å². The summed E-state index contributed by atoms with van der Waals surface area (Å²) in [5, 5.41) is 6.33. The van der Waals surface area contributed by atoms with Crippen molar-refractivity contribution < 1.29 is 9.53 Å². The zero-order valence-electron chi connectivity index (χ0n) is 14.1. The van der Waals surface area contributed by atoms with Gasteiger partial charge in [-0.3, -0.25) is 14.7 Å². The fraction of sp³-hybridized carbons (Fsp3) is 0.857. The maximum absolute atomic E-state index is 11.0. The van der Waals surface area contributed by atoms with Crippen LogP contribution in [-0.4, -0.2) is 62.7 Å². The van der Waals surface area contributed by atoms with Crippen molar-refractivity contribution in [1.82, 2.24) is 15.5 Å². The minimum Gasteiger partial charge on any atom is -0.469 e. The molecule has 0 amide bonds. The van der Waals surface area contributed by atoms with Crippen molar-refractivity contribution in [2.45, 2.75) is 46.2 Å². The number of halogens is 1. The number of carbonyl (C=O) groups excluding carboxylic acids is 1. The third kappa shape index (κ3) is 10.8. The van der Waals surface area contributed by atoms with Gasteiger partial charge in [0.1, 0.15) is 0 Å². The Morgan fingerprint density at radius 3 is 2.10 bits per heavy atom. The lowest BCUT2D eigenvalue weighted by molar-refractivity contribution is -0.140. The second kappa shape index (κ2) is 13.1. The summed E-state index contributed by atoms with van der Waals surface area (Å²) in [6.45, 7) is 11.1. The normalized spacial score (nSPS) is 11.6. The first-order valence-corrected chi connectivity index (χ1v) is 7.19. The summed E-state index contributed by atoms with van der Waals surface area (Å²) in [6.07, 6.45) is 0.335. The van der Waals surface area contributed by atoms with Gasteiger partial charge in [0, 0.05) is 38.8 Å². The number of nitrogens with zero attached hydrogens (tertiary/aromatic N) is 2.